The summed E-state index contributed by atoms with van der Waals surface area (Å²) in [5, 5.41) is 3.23. The number of imidazole rings is 1. The number of aromatic nitrogens is 2. The molecule has 0 spiro atoms. The minimum Gasteiger partial charge on any atom is -0.356 e. The Morgan fingerprint density at radius 1 is 1.10 bits per heavy atom. The zero-order chi connectivity index (χ0) is 13.8. The molecule has 0 unspecified atom stereocenters. The first-order chi connectivity index (χ1) is 9.81. The third-order valence-corrected chi connectivity index (χ3v) is 3.22. The van der Waals surface area contributed by atoms with Crippen LogP contribution in [0.25, 0.3) is 11.0 Å². The summed E-state index contributed by atoms with van der Waals surface area (Å²) in [7, 11) is 0. The van der Waals surface area contributed by atoms with Crippen LogP contribution in [-0.4, -0.2) is 16.5 Å². The van der Waals surface area contributed by atoms with Crippen LogP contribution in [0.5, 0.6) is 0 Å². The number of halogens is 1. The quantitative estimate of drug-likeness (QED) is 0.693. The molecule has 4 heteroatoms. The summed E-state index contributed by atoms with van der Waals surface area (Å²) >= 11 is 0. The summed E-state index contributed by atoms with van der Waals surface area (Å²) < 4.78 is 13.1. The van der Waals surface area contributed by atoms with Crippen molar-refractivity contribution in [3.63, 3.8) is 0 Å². The van der Waals surface area contributed by atoms with Crippen LogP contribution in [0.1, 0.15) is 12.0 Å². The molecule has 0 aliphatic heterocycles. The maximum Gasteiger partial charge on any atom is 0.201 e. The first-order valence-electron chi connectivity index (χ1n) is 6.74. The fraction of sp³-hybridized carbons (Fsp3) is 0.188. The number of rotatable bonds is 5. The SMILES string of the molecule is Fc1ccc2nc(NCCCc3ccccc3)[nH]c2c1. The Balaban J connectivity index is 1.55. The zero-order valence-corrected chi connectivity index (χ0v) is 11.1. The van der Waals surface area contributed by atoms with Crippen molar-refractivity contribution >= 4 is 17.0 Å². The molecule has 3 aromatic rings. The average Bonchev–Trinajstić information content (AvgIpc) is 2.86. The Bertz CT molecular complexity index is 691. The lowest BCUT2D eigenvalue weighted by atomic mass is 10.1. The van der Waals surface area contributed by atoms with Crippen LogP contribution in [-0.2, 0) is 6.42 Å². The van der Waals surface area contributed by atoms with Gasteiger partial charge in [0, 0.05) is 6.54 Å². The highest BCUT2D eigenvalue weighted by Crippen LogP contribution is 2.15. The predicted molar refractivity (Wildman–Crippen MR) is 79.3 cm³/mol. The lowest BCUT2D eigenvalue weighted by Crippen LogP contribution is -2.04. The third kappa shape index (κ3) is 2.96. The molecule has 102 valence electrons. The van der Waals surface area contributed by atoms with E-state index in [0.717, 1.165) is 30.4 Å². The van der Waals surface area contributed by atoms with E-state index in [1.54, 1.807) is 6.07 Å². The van der Waals surface area contributed by atoms with Crippen LogP contribution >= 0.6 is 0 Å². The summed E-state index contributed by atoms with van der Waals surface area (Å²) in [5.74, 6) is 0.440. The van der Waals surface area contributed by atoms with Crippen LogP contribution in [0, 0.1) is 5.82 Å². The number of anilines is 1. The lowest BCUT2D eigenvalue weighted by Gasteiger charge is -2.02. The molecule has 0 bridgehead atoms. The van der Waals surface area contributed by atoms with Gasteiger partial charge in [-0.05, 0) is 36.6 Å². The number of nitrogens with zero attached hydrogens (tertiary/aromatic N) is 1. The molecule has 1 heterocycles. The fourth-order valence-corrected chi connectivity index (χ4v) is 2.21. The molecular weight excluding hydrogens is 253 g/mol. The van der Waals surface area contributed by atoms with Crippen molar-refractivity contribution in [3.05, 3.63) is 59.9 Å². The summed E-state index contributed by atoms with van der Waals surface area (Å²) in [5.41, 5.74) is 2.83. The molecule has 2 N–H and O–H groups in total. The Kier molecular flexibility index (Phi) is 3.63. The minimum absolute atomic E-state index is 0.253. The summed E-state index contributed by atoms with van der Waals surface area (Å²) in [4.78, 5) is 7.44. The maximum absolute atomic E-state index is 13.1. The van der Waals surface area contributed by atoms with E-state index in [1.165, 1.54) is 17.7 Å². The van der Waals surface area contributed by atoms with Gasteiger partial charge < -0.3 is 10.3 Å². The van der Waals surface area contributed by atoms with E-state index < -0.39 is 0 Å². The van der Waals surface area contributed by atoms with Gasteiger partial charge in [-0.2, -0.15) is 0 Å². The summed E-state index contributed by atoms with van der Waals surface area (Å²) in [6, 6.07) is 14.9. The van der Waals surface area contributed by atoms with Gasteiger partial charge in [-0.3, -0.25) is 0 Å². The molecule has 0 amide bonds. The zero-order valence-electron chi connectivity index (χ0n) is 11.1. The van der Waals surface area contributed by atoms with Crippen LogP contribution in [0.3, 0.4) is 0 Å². The van der Waals surface area contributed by atoms with Crippen molar-refractivity contribution in [1.82, 2.24) is 9.97 Å². The molecule has 3 rings (SSSR count). The molecule has 0 saturated carbocycles. The molecule has 0 fully saturated rings. The molecule has 0 saturated heterocycles. The molecular formula is C16H16FN3. The monoisotopic (exact) mass is 269 g/mol. The van der Waals surface area contributed by atoms with E-state index in [4.69, 9.17) is 0 Å². The van der Waals surface area contributed by atoms with E-state index in [-0.39, 0.29) is 5.82 Å². The summed E-state index contributed by atoms with van der Waals surface area (Å²) in [6.07, 6.45) is 2.05. The van der Waals surface area contributed by atoms with Gasteiger partial charge in [0.1, 0.15) is 5.82 Å². The van der Waals surface area contributed by atoms with Crippen molar-refractivity contribution in [1.29, 1.82) is 0 Å². The van der Waals surface area contributed by atoms with Gasteiger partial charge in [0.25, 0.3) is 0 Å². The van der Waals surface area contributed by atoms with Crippen LogP contribution in [0.15, 0.2) is 48.5 Å². The van der Waals surface area contributed by atoms with E-state index >= 15 is 0 Å². The van der Waals surface area contributed by atoms with Gasteiger partial charge in [0.05, 0.1) is 11.0 Å². The maximum atomic E-state index is 13.1. The van der Waals surface area contributed by atoms with Crippen LogP contribution < -0.4 is 5.32 Å². The van der Waals surface area contributed by atoms with Gasteiger partial charge in [0.2, 0.25) is 5.95 Å². The highest BCUT2D eigenvalue weighted by Gasteiger charge is 2.02. The first kappa shape index (κ1) is 12.7. The number of hydrogen-bond donors (Lipinski definition) is 2. The third-order valence-electron chi connectivity index (χ3n) is 3.22. The number of fused-ring (bicyclic) bond motifs is 1. The highest BCUT2D eigenvalue weighted by atomic mass is 19.1. The number of hydrogen-bond acceptors (Lipinski definition) is 2. The van der Waals surface area contributed by atoms with Gasteiger partial charge in [-0.25, -0.2) is 9.37 Å². The van der Waals surface area contributed by atoms with Crippen molar-refractivity contribution in [3.8, 4) is 0 Å². The van der Waals surface area contributed by atoms with Crippen molar-refractivity contribution in [2.45, 2.75) is 12.8 Å². The van der Waals surface area contributed by atoms with Gasteiger partial charge in [-0.15, -0.1) is 0 Å². The largest absolute Gasteiger partial charge is 0.356 e. The molecule has 0 radical (unpaired) electrons. The molecule has 0 aliphatic rings. The molecule has 3 nitrogen and oxygen atoms in total. The van der Waals surface area contributed by atoms with Crippen molar-refractivity contribution < 1.29 is 4.39 Å². The molecule has 2 aromatic carbocycles. The highest BCUT2D eigenvalue weighted by molar-refractivity contribution is 5.77. The summed E-state index contributed by atoms with van der Waals surface area (Å²) in [6.45, 7) is 0.831. The Hall–Kier alpha value is -2.36. The second-order valence-electron chi connectivity index (χ2n) is 4.76. The van der Waals surface area contributed by atoms with Gasteiger partial charge >= 0.3 is 0 Å². The lowest BCUT2D eigenvalue weighted by molar-refractivity contribution is 0.629. The molecule has 0 atom stereocenters. The van der Waals surface area contributed by atoms with E-state index in [2.05, 4.69) is 39.6 Å². The molecule has 20 heavy (non-hydrogen) atoms. The Labute approximate surface area is 116 Å². The van der Waals surface area contributed by atoms with E-state index in [9.17, 15) is 4.39 Å². The van der Waals surface area contributed by atoms with Gasteiger partial charge in [0.15, 0.2) is 0 Å². The normalized spacial score (nSPS) is 10.8. The van der Waals surface area contributed by atoms with E-state index in [1.807, 2.05) is 6.07 Å². The van der Waals surface area contributed by atoms with Crippen LogP contribution in [0.2, 0.25) is 0 Å². The Morgan fingerprint density at radius 2 is 1.95 bits per heavy atom. The number of aryl methyl sites for hydroxylation is 1. The number of benzene rings is 2. The van der Waals surface area contributed by atoms with Crippen LogP contribution in [0.4, 0.5) is 10.3 Å². The second kappa shape index (κ2) is 5.74. The average molecular weight is 269 g/mol. The molecule has 0 aliphatic carbocycles. The first-order valence-corrected chi connectivity index (χ1v) is 6.74. The van der Waals surface area contributed by atoms with Gasteiger partial charge in [-0.1, -0.05) is 30.3 Å². The smallest absolute Gasteiger partial charge is 0.201 e. The van der Waals surface area contributed by atoms with Crippen molar-refractivity contribution in [2.24, 2.45) is 0 Å². The Morgan fingerprint density at radius 3 is 2.80 bits per heavy atom. The standard InChI is InChI=1S/C16H16FN3/c17-13-8-9-14-15(11-13)20-16(19-14)18-10-4-7-12-5-2-1-3-6-12/h1-3,5-6,8-9,11H,4,7,10H2,(H2,18,19,20). The predicted octanol–water partition coefficient (Wildman–Crippen LogP) is 3.75. The second-order valence-corrected chi connectivity index (χ2v) is 4.76. The topological polar surface area (TPSA) is 40.7 Å². The number of H-pyrrole nitrogens is 1. The van der Waals surface area contributed by atoms with E-state index in [0.29, 0.717) is 5.95 Å². The minimum atomic E-state index is -0.253. The molecule has 1 aromatic heterocycles. The number of aromatic amines is 1. The number of nitrogens with one attached hydrogen (secondary N) is 2. The fourth-order valence-electron chi connectivity index (χ4n) is 2.21. The van der Waals surface area contributed by atoms with Crippen molar-refractivity contribution in [2.75, 3.05) is 11.9 Å².